The normalized spacial score (nSPS) is 11.3. The van der Waals surface area contributed by atoms with Gasteiger partial charge in [-0.2, -0.15) is 0 Å². The Bertz CT molecular complexity index is 744. The first-order valence-corrected chi connectivity index (χ1v) is 6.23. The minimum Gasteiger partial charge on any atom is -0.375 e. The lowest BCUT2D eigenvalue weighted by molar-refractivity contribution is 0.629. The molecule has 0 aliphatic heterocycles. The van der Waals surface area contributed by atoms with E-state index in [1.54, 1.807) is 6.07 Å². The van der Waals surface area contributed by atoms with E-state index in [2.05, 4.69) is 9.97 Å². The molecule has 1 aromatic carbocycles. The van der Waals surface area contributed by atoms with Crippen LogP contribution in [0.1, 0.15) is 5.69 Å². The molecule has 0 saturated heterocycles. The van der Waals surface area contributed by atoms with Crippen molar-refractivity contribution in [3.63, 3.8) is 0 Å². The van der Waals surface area contributed by atoms with E-state index in [0.29, 0.717) is 5.13 Å². The van der Waals surface area contributed by atoms with Gasteiger partial charge in [-0.3, -0.25) is 0 Å². The van der Waals surface area contributed by atoms with Crippen molar-refractivity contribution in [2.75, 3.05) is 5.73 Å². The van der Waals surface area contributed by atoms with E-state index in [4.69, 9.17) is 5.73 Å². The van der Waals surface area contributed by atoms with Crippen molar-refractivity contribution in [2.24, 2.45) is 7.05 Å². The molecule has 0 radical (unpaired) electrons. The Labute approximate surface area is 107 Å². The first-order valence-electron chi connectivity index (χ1n) is 5.41. The Morgan fingerprint density at radius 2 is 2.11 bits per heavy atom. The molecule has 2 N–H and O–H groups in total. The highest BCUT2D eigenvalue weighted by Gasteiger charge is 2.15. The number of halogens is 1. The van der Waals surface area contributed by atoms with Crippen LogP contribution in [-0.4, -0.2) is 14.5 Å². The summed E-state index contributed by atoms with van der Waals surface area (Å²) in [4.78, 5) is 9.62. The molecule has 0 aliphatic carbocycles. The van der Waals surface area contributed by atoms with Crippen molar-refractivity contribution in [3.05, 3.63) is 29.7 Å². The number of benzene rings is 1. The fourth-order valence-corrected chi connectivity index (χ4v) is 2.85. The van der Waals surface area contributed by atoms with E-state index in [9.17, 15) is 4.39 Å². The molecule has 6 heteroatoms. The van der Waals surface area contributed by atoms with Gasteiger partial charge in [0.1, 0.15) is 5.82 Å². The van der Waals surface area contributed by atoms with Gasteiger partial charge in [0.15, 0.2) is 11.0 Å². The molecule has 2 aromatic heterocycles. The molecule has 92 valence electrons. The number of aryl methyl sites for hydroxylation is 2. The van der Waals surface area contributed by atoms with Gasteiger partial charge < -0.3 is 10.3 Å². The maximum absolute atomic E-state index is 13.2. The van der Waals surface area contributed by atoms with Gasteiger partial charge in [-0.15, -0.1) is 0 Å². The number of anilines is 1. The summed E-state index contributed by atoms with van der Waals surface area (Å²) in [5.74, 6) is 0.500. The molecule has 0 bridgehead atoms. The maximum atomic E-state index is 13.2. The average molecular weight is 262 g/mol. The first kappa shape index (κ1) is 11.2. The second-order valence-electron chi connectivity index (χ2n) is 4.09. The number of hydrogen-bond donors (Lipinski definition) is 1. The molecule has 0 aliphatic rings. The highest BCUT2D eigenvalue weighted by Crippen LogP contribution is 2.32. The third-order valence-corrected chi connectivity index (χ3v) is 3.84. The molecule has 0 unspecified atom stereocenters. The summed E-state index contributed by atoms with van der Waals surface area (Å²) in [7, 11) is 1.86. The van der Waals surface area contributed by atoms with Gasteiger partial charge in [-0.25, -0.2) is 14.4 Å². The third kappa shape index (κ3) is 1.57. The van der Waals surface area contributed by atoms with Crippen LogP contribution in [0.4, 0.5) is 9.52 Å². The highest BCUT2D eigenvalue weighted by molar-refractivity contribution is 7.18. The molecule has 0 fully saturated rings. The fourth-order valence-electron chi connectivity index (χ4n) is 1.99. The van der Waals surface area contributed by atoms with E-state index < -0.39 is 0 Å². The summed E-state index contributed by atoms with van der Waals surface area (Å²) in [5.41, 5.74) is 8.06. The molecule has 18 heavy (non-hydrogen) atoms. The largest absolute Gasteiger partial charge is 0.375 e. The SMILES string of the molecule is Cc1nc(N)sc1-c1nc2ccc(F)cc2n1C. The van der Waals surface area contributed by atoms with Crippen LogP contribution in [0.25, 0.3) is 21.7 Å². The molecule has 0 atom stereocenters. The lowest BCUT2D eigenvalue weighted by atomic mass is 10.3. The predicted octanol–water partition coefficient (Wildman–Crippen LogP) is 2.73. The van der Waals surface area contributed by atoms with Crippen LogP contribution in [0.5, 0.6) is 0 Å². The topological polar surface area (TPSA) is 56.7 Å². The van der Waals surface area contributed by atoms with E-state index in [1.807, 2.05) is 18.5 Å². The summed E-state index contributed by atoms with van der Waals surface area (Å²) in [6.45, 7) is 1.89. The summed E-state index contributed by atoms with van der Waals surface area (Å²) >= 11 is 1.39. The zero-order valence-corrected chi connectivity index (χ0v) is 10.8. The summed E-state index contributed by atoms with van der Waals surface area (Å²) in [6.07, 6.45) is 0. The Morgan fingerprint density at radius 1 is 1.33 bits per heavy atom. The zero-order chi connectivity index (χ0) is 12.9. The molecular weight excluding hydrogens is 251 g/mol. The number of imidazole rings is 1. The van der Waals surface area contributed by atoms with E-state index >= 15 is 0 Å². The van der Waals surface area contributed by atoms with Crippen molar-refractivity contribution in [2.45, 2.75) is 6.92 Å². The number of aromatic nitrogens is 3. The number of nitrogens with two attached hydrogens (primary N) is 1. The minimum atomic E-state index is -0.266. The van der Waals surface area contributed by atoms with E-state index in [0.717, 1.165) is 27.4 Å². The summed E-state index contributed by atoms with van der Waals surface area (Å²) in [5, 5.41) is 0.515. The van der Waals surface area contributed by atoms with Gasteiger partial charge >= 0.3 is 0 Å². The van der Waals surface area contributed by atoms with Gasteiger partial charge in [0.2, 0.25) is 0 Å². The maximum Gasteiger partial charge on any atom is 0.180 e. The molecule has 3 aromatic rings. The van der Waals surface area contributed by atoms with Crippen molar-refractivity contribution >= 4 is 27.5 Å². The van der Waals surface area contributed by atoms with Crippen LogP contribution in [0, 0.1) is 12.7 Å². The molecular formula is C12H11FN4S. The molecule has 3 rings (SSSR count). The number of fused-ring (bicyclic) bond motifs is 1. The molecule has 0 spiro atoms. The Hall–Kier alpha value is -1.95. The minimum absolute atomic E-state index is 0.266. The monoisotopic (exact) mass is 262 g/mol. The Morgan fingerprint density at radius 3 is 2.78 bits per heavy atom. The van der Waals surface area contributed by atoms with Crippen LogP contribution < -0.4 is 5.73 Å². The van der Waals surface area contributed by atoms with Crippen LogP contribution >= 0.6 is 11.3 Å². The summed E-state index contributed by atoms with van der Waals surface area (Å²) < 4.78 is 15.1. The third-order valence-electron chi connectivity index (χ3n) is 2.86. The number of hydrogen-bond acceptors (Lipinski definition) is 4. The lowest BCUT2D eigenvalue weighted by Crippen LogP contribution is -1.92. The van der Waals surface area contributed by atoms with Crippen molar-refractivity contribution in [3.8, 4) is 10.7 Å². The molecule has 0 saturated carbocycles. The van der Waals surface area contributed by atoms with Crippen molar-refractivity contribution < 1.29 is 4.39 Å². The highest BCUT2D eigenvalue weighted by atomic mass is 32.1. The molecule has 4 nitrogen and oxygen atoms in total. The number of nitrogen functional groups attached to an aromatic ring is 1. The van der Waals surface area contributed by atoms with Crippen LogP contribution in [0.3, 0.4) is 0 Å². The number of rotatable bonds is 1. The van der Waals surface area contributed by atoms with Crippen molar-refractivity contribution in [1.29, 1.82) is 0 Å². The van der Waals surface area contributed by atoms with Crippen molar-refractivity contribution in [1.82, 2.24) is 14.5 Å². The van der Waals surface area contributed by atoms with Crippen LogP contribution in [0.15, 0.2) is 18.2 Å². The lowest BCUT2D eigenvalue weighted by Gasteiger charge is -1.99. The number of thiazole rings is 1. The van der Waals surface area contributed by atoms with Crippen LogP contribution in [-0.2, 0) is 7.05 Å². The number of nitrogens with zero attached hydrogens (tertiary/aromatic N) is 3. The predicted molar refractivity (Wildman–Crippen MR) is 70.9 cm³/mol. The smallest absolute Gasteiger partial charge is 0.180 e. The standard InChI is InChI=1S/C12H11FN4S/c1-6-10(18-12(14)15-6)11-16-8-4-3-7(13)5-9(8)17(11)2/h3-5H,1-2H3,(H2,14,15). The van der Waals surface area contributed by atoms with E-state index in [-0.39, 0.29) is 5.82 Å². The summed E-state index contributed by atoms with van der Waals surface area (Å²) in [6, 6.07) is 4.56. The Balaban J connectivity index is 2.30. The zero-order valence-electron chi connectivity index (χ0n) is 9.94. The van der Waals surface area contributed by atoms with E-state index in [1.165, 1.54) is 23.5 Å². The average Bonchev–Trinajstić information content (AvgIpc) is 2.80. The molecule has 0 amide bonds. The van der Waals surface area contributed by atoms with Gasteiger partial charge in [0, 0.05) is 7.05 Å². The molecule has 2 heterocycles. The van der Waals surface area contributed by atoms with Gasteiger partial charge in [0.05, 0.1) is 21.6 Å². The Kier molecular flexibility index (Phi) is 2.34. The van der Waals surface area contributed by atoms with Crippen LogP contribution in [0.2, 0.25) is 0 Å². The van der Waals surface area contributed by atoms with Gasteiger partial charge in [0.25, 0.3) is 0 Å². The van der Waals surface area contributed by atoms with Gasteiger partial charge in [-0.05, 0) is 25.1 Å². The first-order chi connectivity index (χ1) is 8.56. The van der Waals surface area contributed by atoms with Gasteiger partial charge in [-0.1, -0.05) is 11.3 Å². The fraction of sp³-hybridized carbons (Fsp3) is 0.167. The quantitative estimate of drug-likeness (QED) is 0.733. The second-order valence-corrected chi connectivity index (χ2v) is 5.12. The second kappa shape index (κ2) is 3.78.